The number of aromatic nitrogens is 2. The fourth-order valence-electron chi connectivity index (χ4n) is 3.42. The minimum Gasteiger partial charge on any atom is -0.315 e. The van der Waals surface area contributed by atoms with Crippen molar-refractivity contribution in [1.29, 1.82) is 0 Å². The monoisotopic (exact) mass is 282 g/mol. The molecule has 0 aliphatic carbocycles. The quantitative estimate of drug-likeness (QED) is 0.375. The summed E-state index contributed by atoms with van der Waals surface area (Å²) in [4.78, 5) is 0. The lowest BCUT2D eigenvalue weighted by Crippen LogP contribution is -1.91. The SMILES string of the molecule is c1ccc2c(c1)c1cccn1c1ccccc1n1cccc21. The highest BCUT2D eigenvalue weighted by Gasteiger charge is 2.06. The molecule has 0 amide bonds. The molecule has 0 bridgehead atoms. The molecule has 0 spiro atoms. The van der Waals surface area contributed by atoms with Crippen molar-refractivity contribution in [2.45, 2.75) is 0 Å². The summed E-state index contributed by atoms with van der Waals surface area (Å²) in [5.74, 6) is 0. The lowest BCUT2D eigenvalue weighted by Gasteiger charge is -2.07. The Morgan fingerprint density at radius 2 is 0.818 bits per heavy atom. The second kappa shape index (κ2) is 4.25. The van der Waals surface area contributed by atoms with Gasteiger partial charge in [0.25, 0.3) is 0 Å². The Morgan fingerprint density at radius 1 is 0.409 bits per heavy atom. The minimum absolute atomic E-state index is 1.20. The largest absolute Gasteiger partial charge is 0.315 e. The first-order valence-corrected chi connectivity index (χ1v) is 7.48. The molecule has 5 aromatic rings. The zero-order chi connectivity index (χ0) is 14.5. The molecule has 0 aliphatic rings. The van der Waals surface area contributed by atoms with Gasteiger partial charge in [0.2, 0.25) is 0 Å². The smallest absolute Gasteiger partial charge is 0.0696 e. The van der Waals surface area contributed by atoms with Crippen LogP contribution in [0.2, 0.25) is 0 Å². The van der Waals surface area contributed by atoms with Crippen LogP contribution in [0.5, 0.6) is 0 Å². The van der Waals surface area contributed by atoms with Crippen molar-refractivity contribution >= 4 is 32.8 Å². The van der Waals surface area contributed by atoms with E-state index in [0.29, 0.717) is 0 Å². The number of hydrogen-bond donors (Lipinski definition) is 0. The Kier molecular flexibility index (Phi) is 2.25. The third-order valence-corrected chi connectivity index (χ3v) is 4.38. The van der Waals surface area contributed by atoms with Gasteiger partial charge in [0.05, 0.1) is 22.1 Å². The summed E-state index contributed by atoms with van der Waals surface area (Å²) in [7, 11) is 0. The van der Waals surface area contributed by atoms with Crippen LogP contribution in [0.4, 0.5) is 0 Å². The van der Waals surface area contributed by atoms with Gasteiger partial charge in [0.1, 0.15) is 0 Å². The topological polar surface area (TPSA) is 8.82 Å². The number of nitrogens with zero attached hydrogens (tertiary/aromatic N) is 2. The first-order chi connectivity index (χ1) is 10.9. The van der Waals surface area contributed by atoms with E-state index in [1.165, 1.54) is 32.8 Å². The molecule has 0 radical (unpaired) electrons. The lowest BCUT2D eigenvalue weighted by molar-refractivity contribution is 1.23. The van der Waals surface area contributed by atoms with Crippen molar-refractivity contribution in [3.63, 3.8) is 0 Å². The average Bonchev–Trinajstić information content (AvgIpc) is 3.23. The fourth-order valence-corrected chi connectivity index (χ4v) is 3.42. The maximum atomic E-state index is 2.27. The van der Waals surface area contributed by atoms with Gasteiger partial charge in [-0.05, 0) is 36.4 Å². The average molecular weight is 282 g/mol. The maximum Gasteiger partial charge on any atom is 0.0696 e. The summed E-state index contributed by atoms with van der Waals surface area (Å²) < 4.78 is 4.55. The molecule has 5 rings (SSSR count). The van der Waals surface area contributed by atoms with Gasteiger partial charge >= 0.3 is 0 Å². The summed E-state index contributed by atoms with van der Waals surface area (Å²) in [6.07, 6.45) is 4.28. The van der Waals surface area contributed by atoms with E-state index >= 15 is 0 Å². The zero-order valence-electron chi connectivity index (χ0n) is 12.0. The molecule has 104 valence electrons. The molecule has 3 aromatic heterocycles. The summed E-state index contributed by atoms with van der Waals surface area (Å²) in [5.41, 5.74) is 4.87. The first-order valence-electron chi connectivity index (χ1n) is 7.48. The number of rotatable bonds is 0. The molecule has 0 atom stereocenters. The van der Waals surface area contributed by atoms with E-state index in [-0.39, 0.29) is 0 Å². The second-order valence-electron chi connectivity index (χ2n) is 5.56. The van der Waals surface area contributed by atoms with Crippen LogP contribution in [-0.4, -0.2) is 8.80 Å². The highest BCUT2D eigenvalue weighted by atomic mass is 14.9. The molecule has 0 fully saturated rings. The zero-order valence-corrected chi connectivity index (χ0v) is 12.0. The van der Waals surface area contributed by atoms with Crippen LogP contribution >= 0.6 is 0 Å². The Bertz CT molecular complexity index is 992. The van der Waals surface area contributed by atoms with Gasteiger partial charge in [-0.2, -0.15) is 0 Å². The highest BCUT2D eigenvalue weighted by Crippen LogP contribution is 2.26. The third-order valence-electron chi connectivity index (χ3n) is 4.38. The molecule has 2 nitrogen and oxygen atoms in total. The predicted molar refractivity (Wildman–Crippen MR) is 92.2 cm³/mol. The minimum atomic E-state index is 1.20. The second-order valence-corrected chi connectivity index (χ2v) is 5.56. The van der Waals surface area contributed by atoms with Crippen molar-refractivity contribution < 1.29 is 0 Å². The van der Waals surface area contributed by atoms with Crippen LogP contribution in [0.25, 0.3) is 32.8 Å². The number of fused-ring (bicyclic) bond motifs is 8. The van der Waals surface area contributed by atoms with Crippen molar-refractivity contribution in [3.05, 3.63) is 85.2 Å². The van der Waals surface area contributed by atoms with Crippen LogP contribution in [0, 0.1) is 0 Å². The lowest BCUT2D eigenvalue weighted by atomic mass is 10.1. The van der Waals surface area contributed by atoms with Gasteiger partial charge in [-0.1, -0.05) is 36.4 Å². The first kappa shape index (κ1) is 11.6. The molecule has 22 heavy (non-hydrogen) atoms. The van der Waals surface area contributed by atoms with Crippen molar-refractivity contribution in [2.75, 3.05) is 0 Å². The molecular weight excluding hydrogens is 268 g/mol. The van der Waals surface area contributed by atoms with E-state index in [4.69, 9.17) is 0 Å². The van der Waals surface area contributed by atoms with Crippen molar-refractivity contribution in [1.82, 2.24) is 8.80 Å². The van der Waals surface area contributed by atoms with E-state index in [1.54, 1.807) is 0 Å². The van der Waals surface area contributed by atoms with Gasteiger partial charge in [-0.15, -0.1) is 0 Å². The summed E-state index contributed by atoms with van der Waals surface area (Å²) in [6, 6.07) is 25.8. The molecule has 0 aliphatic heterocycles. The molecule has 0 unspecified atom stereocenters. The van der Waals surface area contributed by atoms with E-state index in [2.05, 4.69) is 94.0 Å². The van der Waals surface area contributed by atoms with Crippen LogP contribution in [-0.2, 0) is 0 Å². The normalized spacial score (nSPS) is 11.6. The Morgan fingerprint density at radius 3 is 1.32 bits per heavy atom. The molecule has 2 aromatic carbocycles. The summed E-state index contributed by atoms with van der Waals surface area (Å²) in [6.45, 7) is 0. The number of para-hydroxylation sites is 2. The van der Waals surface area contributed by atoms with Gasteiger partial charge in [-0.25, -0.2) is 0 Å². The summed E-state index contributed by atoms with van der Waals surface area (Å²) >= 11 is 0. The van der Waals surface area contributed by atoms with Crippen LogP contribution in [0.3, 0.4) is 0 Å². The molecule has 2 heteroatoms. The van der Waals surface area contributed by atoms with Gasteiger partial charge < -0.3 is 8.80 Å². The van der Waals surface area contributed by atoms with Gasteiger partial charge in [0.15, 0.2) is 0 Å². The molecule has 0 saturated heterocycles. The van der Waals surface area contributed by atoms with E-state index in [1.807, 2.05) is 0 Å². The van der Waals surface area contributed by atoms with E-state index in [0.717, 1.165) is 0 Å². The fraction of sp³-hybridized carbons (Fsp3) is 0. The van der Waals surface area contributed by atoms with Crippen molar-refractivity contribution in [2.24, 2.45) is 0 Å². The van der Waals surface area contributed by atoms with Crippen LogP contribution < -0.4 is 0 Å². The van der Waals surface area contributed by atoms with Gasteiger partial charge in [-0.3, -0.25) is 0 Å². The van der Waals surface area contributed by atoms with Crippen LogP contribution in [0.15, 0.2) is 85.2 Å². The molecular formula is C20H14N2. The molecule has 0 N–H and O–H groups in total. The highest BCUT2D eigenvalue weighted by molar-refractivity contribution is 6.05. The standard InChI is InChI=1S/C20H14N2/c1-2-8-16-15(7-1)17-11-5-13-21(17)19-9-3-4-10-20(19)22-14-6-12-18(16)22/h1-14H. The van der Waals surface area contributed by atoms with Crippen molar-refractivity contribution in [3.8, 4) is 0 Å². The van der Waals surface area contributed by atoms with E-state index in [9.17, 15) is 0 Å². The Labute approximate surface area is 127 Å². The molecule has 3 heterocycles. The Balaban J connectivity index is 2.31. The van der Waals surface area contributed by atoms with E-state index < -0.39 is 0 Å². The number of hydrogen-bond acceptors (Lipinski definition) is 0. The summed E-state index contributed by atoms with van der Waals surface area (Å²) in [5, 5.41) is 2.53. The van der Waals surface area contributed by atoms with Crippen LogP contribution in [0.1, 0.15) is 0 Å². The van der Waals surface area contributed by atoms with Gasteiger partial charge in [0, 0.05) is 23.2 Å². The third kappa shape index (κ3) is 1.44. The maximum absolute atomic E-state index is 2.27. The molecule has 0 saturated carbocycles. The predicted octanol–water partition coefficient (Wildman–Crippen LogP) is 5.06. The number of benzene rings is 2. The Hall–Kier alpha value is -3.00.